The van der Waals surface area contributed by atoms with Crippen molar-refractivity contribution in [3.8, 4) is 0 Å². The summed E-state index contributed by atoms with van der Waals surface area (Å²) in [6.07, 6.45) is 0. The van der Waals surface area contributed by atoms with E-state index in [2.05, 4.69) is 0 Å². The maximum absolute atomic E-state index is 12.9. The molecular weight excluding hydrogens is 375 g/mol. The largest absolute Gasteiger partial charge is 0.507 e. The van der Waals surface area contributed by atoms with E-state index in [1.54, 1.807) is 12.1 Å². The molecule has 2 aromatic rings. The number of halogens is 2. The number of carbonyl (C=O) groups excluding carboxylic acids is 3. The van der Waals surface area contributed by atoms with Crippen molar-refractivity contribution >= 4 is 51.9 Å². The minimum Gasteiger partial charge on any atom is -0.507 e. The van der Waals surface area contributed by atoms with Gasteiger partial charge >= 0.3 is 0 Å². The minimum atomic E-state index is -1.00. The number of hydrogen-bond acceptors (Lipinski definition) is 4. The zero-order valence-corrected chi connectivity index (χ0v) is 15.5. The summed E-state index contributed by atoms with van der Waals surface area (Å²) in [6, 6.07) is 9.12. The lowest BCUT2D eigenvalue weighted by molar-refractivity contribution is -0.124. The molecular formula is C20H14Cl2O4. The van der Waals surface area contributed by atoms with E-state index in [9.17, 15) is 19.5 Å². The summed E-state index contributed by atoms with van der Waals surface area (Å²) in [5, 5.41) is 11.4. The number of ketones is 3. The number of aliphatic hydroxyl groups is 1. The fourth-order valence-corrected chi connectivity index (χ4v) is 3.67. The lowest BCUT2D eigenvalue weighted by Crippen LogP contribution is -2.14. The van der Waals surface area contributed by atoms with Crippen molar-refractivity contribution < 1.29 is 19.5 Å². The van der Waals surface area contributed by atoms with Gasteiger partial charge in [0.25, 0.3) is 0 Å². The molecule has 0 spiro atoms. The van der Waals surface area contributed by atoms with Crippen LogP contribution in [-0.4, -0.2) is 22.5 Å². The molecule has 26 heavy (non-hydrogen) atoms. The molecule has 3 rings (SSSR count). The molecule has 132 valence electrons. The Balaban J connectivity index is 2.31. The zero-order chi connectivity index (χ0) is 19.2. The lowest BCUT2D eigenvalue weighted by Gasteiger charge is -2.08. The van der Waals surface area contributed by atoms with Crippen LogP contribution in [-0.2, 0) is 9.59 Å². The summed E-state index contributed by atoms with van der Waals surface area (Å²) in [6.45, 7) is 2.72. The van der Waals surface area contributed by atoms with Gasteiger partial charge in [0.15, 0.2) is 11.6 Å². The van der Waals surface area contributed by atoms with Crippen molar-refractivity contribution in [2.45, 2.75) is 19.8 Å². The van der Waals surface area contributed by atoms with Crippen molar-refractivity contribution in [1.82, 2.24) is 0 Å². The Bertz CT molecular complexity index is 985. The number of aliphatic hydroxyl groups excluding tert-OH is 1. The predicted molar refractivity (Wildman–Crippen MR) is 101 cm³/mol. The second-order valence-corrected chi connectivity index (χ2v) is 7.02. The normalized spacial score (nSPS) is 17.8. The summed E-state index contributed by atoms with van der Waals surface area (Å²) in [7, 11) is 0. The minimum absolute atomic E-state index is 0.0124. The Hall–Kier alpha value is -2.43. The van der Waals surface area contributed by atoms with E-state index in [0.717, 1.165) is 0 Å². The summed E-state index contributed by atoms with van der Waals surface area (Å²) in [4.78, 5) is 36.6. The van der Waals surface area contributed by atoms with Gasteiger partial charge in [-0.25, -0.2) is 0 Å². The molecule has 2 aromatic carbocycles. The SMILES string of the molecule is CC(=O)c1ccc2c(c1)/C(=C(/O)c1cc(Cl)cc(Cl)c1)C(=O)C2C(C)=O. The van der Waals surface area contributed by atoms with Gasteiger partial charge in [-0.05, 0) is 49.2 Å². The average molecular weight is 389 g/mol. The Kier molecular flexibility index (Phi) is 4.74. The molecule has 0 aliphatic heterocycles. The fourth-order valence-electron chi connectivity index (χ4n) is 3.14. The number of benzene rings is 2. The number of allylic oxidation sites excluding steroid dienone is 1. The monoisotopic (exact) mass is 388 g/mol. The van der Waals surface area contributed by atoms with Crippen molar-refractivity contribution in [3.05, 3.63) is 68.7 Å². The second-order valence-electron chi connectivity index (χ2n) is 6.15. The van der Waals surface area contributed by atoms with Crippen LogP contribution in [0, 0.1) is 0 Å². The molecule has 0 saturated heterocycles. The summed E-state index contributed by atoms with van der Waals surface area (Å²) >= 11 is 12.0. The summed E-state index contributed by atoms with van der Waals surface area (Å²) < 4.78 is 0. The fraction of sp³-hybridized carbons (Fsp3) is 0.150. The van der Waals surface area contributed by atoms with Crippen molar-refractivity contribution in [2.24, 2.45) is 0 Å². The van der Waals surface area contributed by atoms with Gasteiger partial charge in [-0.3, -0.25) is 14.4 Å². The first-order chi connectivity index (χ1) is 12.2. The topological polar surface area (TPSA) is 71.4 Å². The van der Waals surface area contributed by atoms with Crippen LogP contribution in [0.5, 0.6) is 0 Å². The molecule has 1 aliphatic rings. The van der Waals surface area contributed by atoms with Crippen LogP contribution in [0.3, 0.4) is 0 Å². The Morgan fingerprint density at radius 1 is 0.962 bits per heavy atom. The van der Waals surface area contributed by atoms with Gasteiger partial charge in [0.05, 0.1) is 5.57 Å². The quantitative estimate of drug-likeness (QED) is 0.352. The highest BCUT2D eigenvalue weighted by molar-refractivity contribution is 6.39. The lowest BCUT2D eigenvalue weighted by atomic mass is 9.95. The molecule has 0 amide bonds. The highest BCUT2D eigenvalue weighted by Crippen LogP contribution is 2.42. The van der Waals surface area contributed by atoms with Gasteiger partial charge in [-0.1, -0.05) is 35.3 Å². The average Bonchev–Trinajstić information content (AvgIpc) is 2.84. The molecule has 0 heterocycles. The smallest absolute Gasteiger partial charge is 0.182 e. The van der Waals surface area contributed by atoms with E-state index in [0.29, 0.717) is 26.7 Å². The molecule has 0 saturated carbocycles. The van der Waals surface area contributed by atoms with Crippen LogP contribution in [0.4, 0.5) is 0 Å². The molecule has 1 atom stereocenters. The van der Waals surface area contributed by atoms with E-state index < -0.39 is 11.7 Å². The first-order valence-corrected chi connectivity index (χ1v) is 8.56. The Morgan fingerprint density at radius 3 is 2.12 bits per heavy atom. The maximum Gasteiger partial charge on any atom is 0.182 e. The number of rotatable bonds is 3. The van der Waals surface area contributed by atoms with Gasteiger partial charge in [-0.15, -0.1) is 0 Å². The van der Waals surface area contributed by atoms with Gasteiger partial charge in [0.1, 0.15) is 17.5 Å². The highest BCUT2D eigenvalue weighted by atomic mass is 35.5. The van der Waals surface area contributed by atoms with Gasteiger partial charge in [-0.2, -0.15) is 0 Å². The Morgan fingerprint density at radius 2 is 1.58 bits per heavy atom. The van der Waals surface area contributed by atoms with Crippen LogP contribution in [0.15, 0.2) is 36.4 Å². The zero-order valence-electron chi connectivity index (χ0n) is 14.0. The second kappa shape index (κ2) is 6.71. The number of fused-ring (bicyclic) bond motifs is 1. The van der Waals surface area contributed by atoms with E-state index in [1.165, 1.54) is 38.1 Å². The predicted octanol–water partition coefficient (Wildman–Crippen LogP) is 4.88. The third-order valence-electron chi connectivity index (χ3n) is 4.33. The van der Waals surface area contributed by atoms with Crippen LogP contribution < -0.4 is 0 Å². The first kappa shape index (κ1) is 18.4. The molecule has 0 radical (unpaired) electrons. The van der Waals surface area contributed by atoms with Crippen LogP contribution in [0.1, 0.15) is 46.8 Å². The first-order valence-electron chi connectivity index (χ1n) is 7.80. The number of carbonyl (C=O) groups is 3. The van der Waals surface area contributed by atoms with Crippen LogP contribution in [0.25, 0.3) is 11.3 Å². The van der Waals surface area contributed by atoms with E-state index in [1.807, 2.05) is 0 Å². The van der Waals surface area contributed by atoms with E-state index in [-0.39, 0.29) is 28.5 Å². The number of Topliss-reactive ketones (excluding diaryl/α,β-unsaturated/α-hetero) is 3. The molecule has 6 heteroatoms. The standard InChI is InChI=1S/C20H14Cl2O4/c1-9(23)11-3-4-15-16(7-11)18(20(26)17(15)10(2)24)19(25)12-5-13(21)8-14(22)6-12/h3-8,17,25H,1-2H3/b19-18-. The number of hydrogen-bond donors (Lipinski definition) is 1. The molecule has 0 bridgehead atoms. The van der Waals surface area contributed by atoms with Gasteiger partial charge in [0, 0.05) is 21.2 Å². The van der Waals surface area contributed by atoms with E-state index in [4.69, 9.17) is 23.2 Å². The molecule has 1 aliphatic carbocycles. The van der Waals surface area contributed by atoms with Crippen molar-refractivity contribution in [2.75, 3.05) is 0 Å². The molecule has 1 N–H and O–H groups in total. The Labute approximate surface area is 160 Å². The van der Waals surface area contributed by atoms with E-state index >= 15 is 0 Å². The molecule has 0 fully saturated rings. The van der Waals surface area contributed by atoms with Crippen LogP contribution >= 0.6 is 23.2 Å². The van der Waals surface area contributed by atoms with Crippen LogP contribution in [0.2, 0.25) is 10.0 Å². The summed E-state index contributed by atoms with van der Waals surface area (Å²) in [5.74, 6) is -2.36. The molecule has 1 unspecified atom stereocenters. The third kappa shape index (κ3) is 3.06. The maximum atomic E-state index is 12.9. The molecule has 0 aromatic heterocycles. The molecule has 4 nitrogen and oxygen atoms in total. The summed E-state index contributed by atoms with van der Waals surface area (Å²) in [5.41, 5.74) is 1.48. The highest BCUT2D eigenvalue weighted by Gasteiger charge is 2.40. The van der Waals surface area contributed by atoms with Gasteiger partial charge in [0.2, 0.25) is 0 Å². The van der Waals surface area contributed by atoms with Crippen molar-refractivity contribution in [3.63, 3.8) is 0 Å². The third-order valence-corrected chi connectivity index (χ3v) is 4.76. The van der Waals surface area contributed by atoms with Gasteiger partial charge < -0.3 is 5.11 Å². The van der Waals surface area contributed by atoms with Crippen molar-refractivity contribution in [1.29, 1.82) is 0 Å².